The number of thiazole rings is 1. The van der Waals surface area contributed by atoms with Crippen LogP contribution in [0.15, 0.2) is 0 Å². The second-order valence-corrected chi connectivity index (χ2v) is 6.81. The van der Waals surface area contributed by atoms with E-state index < -0.39 is 0 Å². The summed E-state index contributed by atoms with van der Waals surface area (Å²) in [6, 6.07) is 0. The summed E-state index contributed by atoms with van der Waals surface area (Å²) in [6.45, 7) is 9.62. The zero-order valence-electron chi connectivity index (χ0n) is 12.4. The molecule has 1 aliphatic heterocycles. The van der Waals surface area contributed by atoms with Gasteiger partial charge in [-0.1, -0.05) is 27.2 Å². The highest BCUT2D eigenvalue weighted by molar-refractivity contribution is 7.11. The number of hydrogen-bond donors (Lipinski definition) is 1. The third kappa shape index (κ3) is 4.26. The number of aryl methyl sites for hydroxylation is 1. The molecule has 19 heavy (non-hydrogen) atoms. The largest absolute Gasteiger partial charge is 0.371 e. The van der Waals surface area contributed by atoms with Crippen LogP contribution < -0.4 is 5.32 Å². The average Bonchev–Trinajstić information content (AvgIpc) is 2.98. The van der Waals surface area contributed by atoms with Crippen molar-refractivity contribution in [1.82, 2.24) is 10.3 Å². The molecule has 0 saturated carbocycles. The first kappa shape index (κ1) is 14.9. The molecular formula is C15H26N2OS. The van der Waals surface area contributed by atoms with Gasteiger partial charge in [-0.25, -0.2) is 4.98 Å². The van der Waals surface area contributed by atoms with E-state index in [1.807, 2.05) is 11.3 Å². The Bertz CT molecular complexity index is 383. The third-order valence-corrected chi connectivity index (χ3v) is 4.51. The van der Waals surface area contributed by atoms with Crippen molar-refractivity contribution in [3.8, 4) is 0 Å². The fourth-order valence-corrected chi connectivity index (χ4v) is 3.52. The van der Waals surface area contributed by atoms with Gasteiger partial charge in [0.2, 0.25) is 0 Å². The molecule has 1 aromatic heterocycles. The fourth-order valence-electron chi connectivity index (χ4n) is 2.36. The molecule has 0 bridgehead atoms. The van der Waals surface area contributed by atoms with Crippen LogP contribution in [0.3, 0.4) is 0 Å². The van der Waals surface area contributed by atoms with E-state index in [1.165, 1.54) is 22.0 Å². The summed E-state index contributed by atoms with van der Waals surface area (Å²) in [5, 5.41) is 4.73. The van der Waals surface area contributed by atoms with Crippen LogP contribution in [-0.2, 0) is 17.7 Å². The van der Waals surface area contributed by atoms with Crippen LogP contribution in [0.25, 0.3) is 0 Å². The predicted molar refractivity (Wildman–Crippen MR) is 80.6 cm³/mol. The highest BCUT2D eigenvalue weighted by atomic mass is 32.1. The normalized spacial score (nSPS) is 19.5. The van der Waals surface area contributed by atoms with Gasteiger partial charge in [0.1, 0.15) is 11.1 Å². The summed E-state index contributed by atoms with van der Waals surface area (Å²) in [7, 11) is 0. The zero-order valence-corrected chi connectivity index (χ0v) is 13.2. The lowest BCUT2D eigenvalue weighted by Gasteiger charge is -2.06. The van der Waals surface area contributed by atoms with E-state index in [-0.39, 0.29) is 6.10 Å². The van der Waals surface area contributed by atoms with Crippen LogP contribution in [0, 0.1) is 5.92 Å². The van der Waals surface area contributed by atoms with Crippen LogP contribution in [0.2, 0.25) is 0 Å². The van der Waals surface area contributed by atoms with Gasteiger partial charge < -0.3 is 10.1 Å². The molecule has 2 heterocycles. The molecule has 0 spiro atoms. The zero-order chi connectivity index (χ0) is 13.7. The Morgan fingerprint density at radius 1 is 1.47 bits per heavy atom. The summed E-state index contributed by atoms with van der Waals surface area (Å²) in [4.78, 5) is 6.24. The van der Waals surface area contributed by atoms with Gasteiger partial charge >= 0.3 is 0 Å². The number of nitrogens with zero attached hydrogens (tertiary/aromatic N) is 1. The van der Waals surface area contributed by atoms with Crippen molar-refractivity contribution in [2.45, 2.75) is 59.1 Å². The maximum Gasteiger partial charge on any atom is 0.122 e. The molecule has 1 N–H and O–H groups in total. The first-order valence-corrected chi connectivity index (χ1v) is 8.33. The minimum Gasteiger partial charge on any atom is -0.371 e. The smallest absolute Gasteiger partial charge is 0.122 e. The van der Waals surface area contributed by atoms with Crippen molar-refractivity contribution in [3.63, 3.8) is 0 Å². The van der Waals surface area contributed by atoms with Gasteiger partial charge in [0.25, 0.3) is 0 Å². The Balaban J connectivity index is 2.01. The summed E-state index contributed by atoms with van der Waals surface area (Å²) >= 11 is 1.85. The quantitative estimate of drug-likeness (QED) is 0.828. The average molecular weight is 282 g/mol. The molecule has 1 saturated heterocycles. The SMILES string of the molecule is CCCc1nc(C2CCCO2)sc1CNCC(C)C. The van der Waals surface area contributed by atoms with Crippen molar-refractivity contribution < 1.29 is 4.74 Å². The summed E-state index contributed by atoms with van der Waals surface area (Å²) in [6.07, 6.45) is 4.82. The van der Waals surface area contributed by atoms with Crippen LogP contribution >= 0.6 is 11.3 Å². The molecule has 1 atom stereocenters. The van der Waals surface area contributed by atoms with Gasteiger partial charge in [0.15, 0.2) is 0 Å². The van der Waals surface area contributed by atoms with Crippen LogP contribution in [0.5, 0.6) is 0 Å². The molecule has 3 nitrogen and oxygen atoms in total. The maximum absolute atomic E-state index is 5.76. The van der Waals surface area contributed by atoms with Crippen molar-refractivity contribution in [1.29, 1.82) is 0 Å². The summed E-state index contributed by atoms with van der Waals surface area (Å²) in [5.41, 5.74) is 1.29. The number of aromatic nitrogens is 1. The van der Waals surface area contributed by atoms with Crippen molar-refractivity contribution in [2.75, 3.05) is 13.2 Å². The van der Waals surface area contributed by atoms with Gasteiger partial charge in [0.05, 0.1) is 5.69 Å². The Morgan fingerprint density at radius 3 is 2.95 bits per heavy atom. The first-order valence-electron chi connectivity index (χ1n) is 7.51. The van der Waals surface area contributed by atoms with E-state index in [2.05, 4.69) is 26.1 Å². The predicted octanol–water partition coefficient (Wildman–Crippen LogP) is 3.69. The minimum absolute atomic E-state index is 0.263. The summed E-state index contributed by atoms with van der Waals surface area (Å²) < 4.78 is 5.76. The Labute approximate surface area is 120 Å². The highest BCUT2D eigenvalue weighted by Gasteiger charge is 2.22. The molecular weight excluding hydrogens is 256 g/mol. The molecule has 0 aromatic carbocycles. The Morgan fingerprint density at radius 2 is 2.32 bits per heavy atom. The number of hydrogen-bond acceptors (Lipinski definition) is 4. The molecule has 4 heteroatoms. The van der Waals surface area contributed by atoms with Gasteiger partial charge in [-0.05, 0) is 31.7 Å². The maximum atomic E-state index is 5.76. The van der Waals surface area contributed by atoms with Gasteiger partial charge in [-0.15, -0.1) is 11.3 Å². The van der Waals surface area contributed by atoms with E-state index >= 15 is 0 Å². The Hall–Kier alpha value is -0.450. The van der Waals surface area contributed by atoms with E-state index in [9.17, 15) is 0 Å². The topological polar surface area (TPSA) is 34.1 Å². The second-order valence-electron chi connectivity index (χ2n) is 5.70. The van der Waals surface area contributed by atoms with E-state index in [0.717, 1.165) is 39.0 Å². The number of ether oxygens (including phenoxy) is 1. The highest BCUT2D eigenvalue weighted by Crippen LogP contribution is 2.33. The molecule has 0 aliphatic carbocycles. The van der Waals surface area contributed by atoms with Crippen LogP contribution in [0.4, 0.5) is 0 Å². The molecule has 108 valence electrons. The van der Waals surface area contributed by atoms with Crippen molar-refractivity contribution in [2.24, 2.45) is 5.92 Å². The molecule has 1 unspecified atom stereocenters. The molecule has 2 rings (SSSR count). The molecule has 1 aliphatic rings. The van der Waals surface area contributed by atoms with Gasteiger partial charge in [-0.2, -0.15) is 0 Å². The molecule has 0 radical (unpaired) electrons. The lowest BCUT2D eigenvalue weighted by atomic mass is 10.2. The van der Waals surface area contributed by atoms with E-state index in [1.54, 1.807) is 0 Å². The number of rotatable bonds is 7. The lowest BCUT2D eigenvalue weighted by molar-refractivity contribution is 0.111. The Kier molecular flexibility index (Phi) is 5.79. The minimum atomic E-state index is 0.263. The fraction of sp³-hybridized carbons (Fsp3) is 0.800. The van der Waals surface area contributed by atoms with Crippen LogP contribution in [0.1, 0.15) is 61.7 Å². The van der Waals surface area contributed by atoms with Crippen molar-refractivity contribution >= 4 is 11.3 Å². The van der Waals surface area contributed by atoms with Crippen LogP contribution in [-0.4, -0.2) is 18.1 Å². The molecule has 0 amide bonds. The first-order chi connectivity index (χ1) is 9.20. The molecule has 1 aromatic rings. The standard InChI is InChI=1S/C15H26N2OS/c1-4-6-12-14(10-16-9-11(2)3)19-15(17-12)13-7-5-8-18-13/h11,13,16H,4-10H2,1-3H3. The monoisotopic (exact) mass is 282 g/mol. The van der Waals surface area contributed by atoms with E-state index in [0.29, 0.717) is 5.92 Å². The van der Waals surface area contributed by atoms with E-state index in [4.69, 9.17) is 9.72 Å². The number of nitrogens with one attached hydrogen (secondary N) is 1. The molecule has 1 fully saturated rings. The van der Waals surface area contributed by atoms with Crippen molar-refractivity contribution in [3.05, 3.63) is 15.6 Å². The van der Waals surface area contributed by atoms with Gasteiger partial charge in [-0.3, -0.25) is 0 Å². The third-order valence-electron chi connectivity index (χ3n) is 3.32. The van der Waals surface area contributed by atoms with Gasteiger partial charge in [0, 0.05) is 18.0 Å². The second kappa shape index (κ2) is 7.36. The lowest BCUT2D eigenvalue weighted by Crippen LogP contribution is -2.19. The summed E-state index contributed by atoms with van der Waals surface area (Å²) in [5.74, 6) is 0.695.